The average Bonchev–Trinajstić information content (AvgIpc) is 3.27. The lowest BCUT2D eigenvalue weighted by Gasteiger charge is -2.49. The maximum Gasteiger partial charge on any atom is 0.246 e. The van der Waals surface area contributed by atoms with Crippen LogP contribution < -0.4 is 4.74 Å². The molecular weight excluding hydrogens is 336 g/mol. The van der Waals surface area contributed by atoms with Gasteiger partial charge < -0.3 is 14.4 Å². The van der Waals surface area contributed by atoms with E-state index in [4.69, 9.17) is 9.47 Å². The van der Waals surface area contributed by atoms with Gasteiger partial charge in [-0.05, 0) is 30.0 Å². The average molecular weight is 356 g/mol. The van der Waals surface area contributed by atoms with Crippen LogP contribution in [0.2, 0.25) is 0 Å². The lowest BCUT2D eigenvalue weighted by Crippen LogP contribution is -2.66. The quantitative estimate of drug-likeness (QED) is 0.773. The molecule has 0 unspecified atom stereocenters. The van der Waals surface area contributed by atoms with Crippen molar-refractivity contribution < 1.29 is 14.3 Å². The summed E-state index contributed by atoms with van der Waals surface area (Å²) >= 11 is 1.62. The maximum atomic E-state index is 12.3. The fourth-order valence-corrected chi connectivity index (χ4v) is 4.01. The number of thiophene rings is 1. The molecule has 0 bridgehead atoms. The van der Waals surface area contributed by atoms with Gasteiger partial charge in [0.05, 0.1) is 19.7 Å². The summed E-state index contributed by atoms with van der Waals surface area (Å²) < 4.78 is 11.8. The van der Waals surface area contributed by atoms with Crippen molar-refractivity contribution in [3.63, 3.8) is 0 Å². The summed E-state index contributed by atoms with van der Waals surface area (Å²) in [4.78, 5) is 19.4. The highest BCUT2D eigenvalue weighted by molar-refractivity contribution is 7.10. The molecule has 130 valence electrons. The number of hydrogen-bond donors (Lipinski definition) is 0. The Bertz CT molecular complexity index is 739. The second-order valence-corrected chi connectivity index (χ2v) is 7.40. The largest absolute Gasteiger partial charge is 0.477 e. The number of ether oxygens (including phenoxy) is 2. The molecule has 1 amide bonds. The van der Waals surface area contributed by atoms with Crippen LogP contribution in [0.3, 0.4) is 0 Å². The zero-order valence-corrected chi connectivity index (χ0v) is 14.7. The van der Waals surface area contributed by atoms with E-state index < -0.39 is 0 Å². The highest BCUT2D eigenvalue weighted by Gasteiger charge is 2.54. The van der Waals surface area contributed by atoms with E-state index in [0.29, 0.717) is 31.5 Å². The Morgan fingerprint density at radius 1 is 1.40 bits per heavy atom. The molecule has 6 heteroatoms. The SMILES string of the molecule is O=C(/C=C/c1cccs1)N1CC2(C1)OCC[C@@H]2COc1ccccn1. The lowest BCUT2D eigenvalue weighted by atomic mass is 9.81. The molecule has 2 fully saturated rings. The fraction of sp³-hybridized carbons (Fsp3) is 0.368. The van der Waals surface area contributed by atoms with Gasteiger partial charge in [-0.25, -0.2) is 4.98 Å². The second-order valence-electron chi connectivity index (χ2n) is 6.42. The van der Waals surface area contributed by atoms with E-state index in [9.17, 15) is 4.79 Å². The molecule has 0 aliphatic carbocycles. The van der Waals surface area contributed by atoms with Crippen molar-refractivity contribution in [2.75, 3.05) is 26.3 Å². The van der Waals surface area contributed by atoms with Crippen LogP contribution in [0.25, 0.3) is 6.08 Å². The van der Waals surface area contributed by atoms with Gasteiger partial charge in [-0.3, -0.25) is 4.79 Å². The van der Waals surface area contributed by atoms with E-state index in [1.807, 2.05) is 46.7 Å². The van der Waals surface area contributed by atoms with Gasteiger partial charge in [0.15, 0.2) is 0 Å². The van der Waals surface area contributed by atoms with Gasteiger partial charge >= 0.3 is 0 Å². The van der Waals surface area contributed by atoms with Crippen molar-refractivity contribution in [3.05, 3.63) is 52.9 Å². The van der Waals surface area contributed by atoms with Crippen molar-refractivity contribution >= 4 is 23.3 Å². The van der Waals surface area contributed by atoms with Crippen molar-refractivity contribution in [1.82, 2.24) is 9.88 Å². The molecule has 2 aliphatic heterocycles. The first kappa shape index (κ1) is 16.3. The summed E-state index contributed by atoms with van der Waals surface area (Å²) in [6.07, 6.45) is 6.20. The van der Waals surface area contributed by atoms with Crippen molar-refractivity contribution in [2.24, 2.45) is 5.92 Å². The molecule has 25 heavy (non-hydrogen) atoms. The van der Waals surface area contributed by atoms with E-state index in [1.165, 1.54) is 0 Å². The second kappa shape index (κ2) is 6.98. The molecule has 2 aromatic heterocycles. The van der Waals surface area contributed by atoms with Crippen LogP contribution in [-0.4, -0.2) is 47.7 Å². The van der Waals surface area contributed by atoms with E-state index in [-0.39, 0.29) is 11.5 Å². The first-order chi connectivity index (χ1) is 12.3. The highest BCUT2D eigenvalue weighted by Crippen LogP contribution is 2.40. The fourth-order valence-electron chi connectivity index (χ4n) is 3.39. The standard InChI is InChI=1S/C19H20N2O3S/c22-18(7-6-16-4-3-11-25-16)21-13-19(14-21)15(8-10-24-19)12-23-17-5-1-2-9-20-17/h1-7,9,11,15H,8,10,12-14H2/b7-6+/t15-/m1/s1. The first-order valence-electron chi connectivity index (χ1n) is 8.43. The van der Waals surface area contributed by atoms with E-state index in [2.05, 4.69) is 4.98 Å². The van der Waals surface area contributed by atoms with E-state index in [1.54, 1.807) is 23.6 Å². The van der Waals surface area contributed by atoms with Gasteiger partial charge in [0.2, 0.25) is 11.8 Å². The van der Waals surface area contributed by atoms with Crippen molar-refractivity contribution in [1.29, 1.82) is 0 Å². The number of likely N-dealkylation sites (tertiary alicyclic amines) is 1. The number of carbonyl (C=O) groups excluding carboxylic acids is 1. The minimum absolute atomic E-state index is 0.0407. The Balaban J connectivity index is 1.31. The van der Waals surface area contributed by atoms with Gasteiger partial charge in [0.1, 0.15) is 5.60 Å². The zero-order chi connectivity index (χ0) is 17.1. The highest BCUT2D eigenvalue weighted by atomic mass is 32.1. The molecule has 2 aromatic rings. The Kier molecular flexibility index (Phi) is 4.55. The summed E-state index contributed by atoms with van der Waals surface area (Å²) in [7, 11) is 0. The van der Waals surface area contributed by atoms with Crippen LogP contribution in [0.5, 0.6) is 5.88 Å². The number of hydrogen-bond acceptors (Lipinski definition) is 5. The molecule has 1 atom stereocenters. The minimum Gasteiger partial charge on any atom is -0.477 e. The molecule has 2 saturated heterocycles. The number of rotatable bonds is 5. The van der Waals surface area contributed by atoms with Crippen LogP contribution in [-0.2, 0) is 9.53 Å². The molecule has 0 aromatic carbocycles. The topological polar surface area (TPSA) is 51.7 Å². The van der Waals surface area contributed by atoms with E-state index in [0.717, 1.165) is 17.9 Å². The molecule has 5 nitrogen and oxygen atoms in total. The number of carbonyl (C=O) groups is 1. The predicted octanol–water partition coefficient (Wildman–Crippen LogP) is 2.85. The van der Waals surface area contributed by atoms with E-state index >= 15 is 0 Å². The van der Waals surface area contributed by atoms with Crippen molar-refractivity contribution in [3.8, 4) is 5.88 Å². The lowest BCUT2D eigenvalue weighted by molar-refractivity contribution is -0.162. The van der Waals surface area contributed by atoms with Gasteiger partial charge in [-0.2, -0.15) is 0 Å². The first-order valence-corrected chi connectivity index (χ1v) is 9.31. The number of amides is 1. The zero-order valence-electron chi connectivity index (χ0n) is 13.8. The van der Waals surface area contributed by atoms with Crippen LogP contribution in [0.1, 0.15) is 11.3 Å². The van der Waals surface area contributed by atoms with Gasteiger partial charge in [0.25, 0.3) is 0 Å². The molecule has 4 rings (SSSR count). The smallest absolute Gasteiger partial charge is 0.246 e. The Labute approximate surface area is 150 Å². The normalized spacial score (nSPS) is 21.6. The summed E-state index contributed by atoms with van der Waals surface area (Å²) in [5.41, 5.74) is -0.249. The van der Waals surface area contributed by atoms with Crippen LogP contribution in [0.4, 0.5) is 0 Å². The van der Waals surface area contributed by atoms with Crippen LogP contribution in [0, 0.1) is 5.92 Å². The molecule has 2 aliphatic rings. The summed E-state index contributed by atoms with van der Waals surface area (Å²) in [6, 6.07) is 9.61. The molecular formula is C19H20N2O3S. The molecule has 4 heterocycles. The van der Waals surface area contributed by atoms with Crippen LogP contribution in [0.15, 0.2) is 48.0 Å². The van der Waals surface area contributed by atoms with Gasteiger partial charge in [0, 0.05) is 35.7 Å². The maximum absolute atomic E-state index is 12.3. The predicted molar refractivity (Wildman–Crippen MR) is 96.5 cm³/mol. The third-order valence-electron chi connectivity index (χ3n) is 4.83. The molecule has 0 N–H and O–H groups in total. The van der Waals surface area contributed by atoms with Gasteiger partial charge in [-0.1, -0.05) is 12.1 Å². The molecule has 0 radical (unpaired) electrons. The van der Waals surface area contributed by atoms with Gasteiger partial charge in [-0.15, -0.1) is 11.3 Å². The summed E-state index contributed by atoms with van der Waals surface area (Å²) in [5.74, 6) is 0.967. The summed E-state index contributed by atoms with van der Waals surface area (Å²) in [6.45, 7) is 2.57. The number of pyridine rings is 1. The third kappa shape index (κ3) is 3.45. The molecule has 1 spiro atoms. The van der Waals surface area contributed by atoms with Crippen molar-refractivity contribution in [2.45, 2.75) is 12.0 Å². The Hall–Kier alpha value is -2.18. The third-order valence-corrected chi connectivity index (χ3v) is 5.67. The summed E-state index contributed by atoms with van der Waals surface area (Å²) in [5, 5.41) is 2.00. The van der Waals surface area contributed by atoms with Crippen LogP contribution >= 0.6 is 11.3 Å². The Morgan fingerprint density at radius 3 is 3.08 bits per heavy atom. The molecule has 0 saturated carbocycles. The monoisotopic (exact) mass is 356 g/mol. The number of nitrogens with zero attached hydrogens (tertiary/aromatic N) is 2. The minimum atomic E-state index is -0.249. The Morgan fingerprint density at radius 2 is 2.32 bits per heavy atom. The number of aromatic nitrogens is 1.